The molecule has 1 N–H and O–H groups in total. The number of thiazole rings is 1. The highest BCUT2D eigenvalue weighted by Crippen LogP contribution is 2.34. The van der Waals surface area contributed by atoms with Crippen LogP contribution < -0.4 is 15.0 Å². The quantitative estimate of drug-likeness (QED) is 0.440. The SMILES string of the molecule is COc1ccc(-n2nc(C)c3sc(N4CCC[C@H](C(=O)NCc5cccc(C)c5)C4)nc32)cc1. The molecule has 0 radical (unpaired) electrons. The first-order valence-electron chi connectivity index (χ1n) is 11.6. The molecule has 7 nitrogen and oxygen atoms in total. The normalized spacial score (nSPS) is 16.1. The van der Waals surface area contributed by atoms with Crippen LogP contribution in [0.5, 0.6) is 5.75 Å². The number of anilines is 1. The zero-order valence-corrected chi connectivity index (χ0v) is 20.6. The van der Waals surface area contributed by atoms with Crippen molar-refractivity contribution in [2.45, 2.75) is 33.2 Å². The Morgan fingerprint density at radius 1 is 1.21 bits per heavy atom. The van der Waals surface area contributed by atoms with Gasteiger partial charge in [0.15, 0.2) is 10.8 Å². The molecular formula is C26H29N5O2S. The molecule has 176 valence electrons. The summed E-state index contributed by atoms with van der Waals surface area (Å²) in [5.41, 5.74) is 5.09. The van der Waals surface area contributed by atoms with Gasteiger partial charge in [0.2, 0.25) is 5.91 Å². The van der Waals surface area contributed by atoms with Crippen LogP contribution in [0, 0.1) is 19.8 Å². The largest absolute Gasteiger partial charge is 0.497 e. The fourth-order valence-corrected chi connectivity index (χ4v) is 5.50. The Morgan fingerprint density at radius 2 is 2.03 bits per heavy atom. The molecule has 0 bridgehead atoms. The number of benzene rings is 2. The molecule has 2 aromatic carbocycles. The van der Waals surface area contributed by atoms with Gasteiger partial charge in [0.25, 0.3) is 0 Å². The minimum absolute atomic E-state index is 0.0373. The predicted molar refractivity (Wildman–Crippen MR) is 136 cm³/mol. The Morgan fingerprint density at radius 3 is 2.79 bits per heavy atom. The van der Waals surface area contributed by atoms with E-state index >= 15 is 0 Å². The van der Waals surface area contributed by atoms with Crippen LogP contribution in [-0.4, -0.2) is 40.9 Å². The molecule has 1 aliphatic rings. The van der Waals surface area contributed by atoms with Gasteiger partial charge in [0, 0.05) is 19.6 Å². The fourth-order valence-electron chi connectivity index (χ4n) is 4.48. The monoisotopic (exact) mass is 475 g/mol. The molecule has 1 fully saturated rings. The third kappa shape index (κ3) is 4.50. The molecule has 4 aromatic rings. The van der Waals surface area contributed by atoms with Crippen LogP contribution in [0.2, 0.25) is 0 Å². The number of fused-ring (bicyclic) bond motifs is 1. The Hall–Kier alpha value is -3.39. The van der Waals surface area contributed by atoms with Crippen molar-refractivity contribution in [1.82, 2.24) is 20.1 Å². The molecule has 8 heteroatoms. The third-order valence-electron chi connectivity index (χ3n) is 6.31. The van der Waals surface area contributed by atoms with Crippen molar-refractivity contribution < 1.29 is 9.53 Å². The number of aryl methyl sites for hydroxylation is 2. The van der Waals surface area contributed by atoms with Gasteiger partial charge >= 0.3 is 0 Å². The topological polar surface area (TPSA) is 72.3 Å². The van der Waals surface area contributed by atoms with Crippen molar-refractivity contribution >= 4 is 32.7 Å². The van der Waals surface area contributed by atoms with Gasteiger partial charge in [-0.1, -0.05) is 41.2 Å². The lowest BCUT2D eigenvalue weighted by Crippen LogP contribution is -2.43. The molecule has 3 heterocycles. The number of aromatic nitrogens is 3. The number of hydrogen-bond acceptors (Lipinski definition) is 6. The lowest BCUT2D eigenvalue weighted by Gasteiger charge is -2.31. The minimum atomic E-state index is -0.0373. The van der Waals surface area contributed by atoms with E-state index in [4.69, 9.17) is 14.8 Å². The van der Waals surface area contributed by atoms with Gasteiger partial charge in [-0.25, -0.2) is 4.68 Å². The standard InChI is InChI=1S/C26H29N5O2S/c1-17-6-4-7-19(14-17)15-27-25(32)20-8-5-13-30(16-20)26-28-24-23(34-26)18(2)29-31(24)21-9-11-22(33-3)12-10-21/h4,6-7,9-12,14,20H,5,8,13,15-16H2,1-3H3,(H,27,32)/t20-/m0/s1. The highest BCUT2D eigenvalue weighted by atomic mass is 32.1. The van der Waals surface area contributed by atoms with Crippen LogP contribution in [0.4, 0.5) is 5.13 Å². The van der Waals surface area contributed by atoms with Gasteiger partial charge < -0.3 is 15.0 Å². The first-order valence-corrected chi connectivity index (χ1v) is 12.4. The van der Waals surface area contributed by atoms with Gasteiger partial charge in [0.1, 0.15) is 5.75 Å². The van der Waals surface area contributed by atoms with Crippen LogP contribution in [-0.2, 0) is 11.3 Å². The molecule has 0 unspecified atom stereocenters. The molecule has 1 amide bonds. The van der Waals surface area contributed by atoms with E-state index in [1.807, 2.05) is 41.9 Å². The number of methoxy groups -OCH3 is 1. The van der Waals surface area contributed by atoms with Crippen LogP contribution >= 0.6 is 11.3 Å². The average molecular weight is 476 g/mol. The highest BCUT2D eigenvalue weighted by Gasteiger charge is 2.28. The number of rotatable bonds is 6. The lowest BCUT2D eigenvalue weighted by atomic mass is 9.97. The summed E-state index contributed by atoms with van der Waals surface area (Å²) in [6.45, 7) is 6.24. The van der Waals surface area contributed by atoms with E-state index in [0.29, 0.717) is 13.1 Å². The van der Waals surface area contributed by atoms with Crippen molar-refractivity contribution in [1.29, 1.82) is 0 Å². The third-order valence-corrected chi connectivity index (χ3v) is 7.52. The van der Waals surface area contributed by atoms with Crippen LogP contribution in [0.3, 0.4) is 0 Å². The van der Waals surface area contributed by atoms with E-state index in [1.54, 1.807) is 18.4 Å². The van der Waals surface area contributed by atoms with E-state index in [1.165, 1.54) is 5.56 Å². The Labute approximate surface area is 203 Å². The minimum Gasteiger partial charge on any atom is -0.497 e. The number of carbonyl (C=O) groups is 1. The summed E-state index contributed by atoms with van der Waals surface area (Å²) in [5.74, 6) is 0.889. The molecule has 0 saturated carbocycles. The summed E-state index contributed by atoms with van der Waals surface area (Å²) >= 11 is 1.65. The molecule has 0 spiro atoms. The molecular weight excluding hydrogens is 446 g/mol. The Kier molecular flexibility index (Phi) is 6.24. The molecule has 1 aliphatic heterocycles. The van der Waals surface area contributed by atoms with Crippen molar-refractivity contribution in [2.24, 2.45) is 5.92 Å². The first-order chi connectivity index (χ1) is 16.5. The van der Waals surface area contributed by atoms with Gasteiger partial charge in [-0.2, -0.15) is 10.1 Å². The maximum atomic E-state index is 12.9. The zero-order valence-electron chi connectivity index (χ0n) is 19.7. The average Bonchev–Trinajstić information content (AvgIpc) is 3.43. The predicted octanol–water partition coefficient (Wildman–Crippen LogP) is 4.64. The zero-order chi connectivity index (χ0) is 23.7. The Balaban J connectivity index is 1.31. The van der Waals surface area contributed by atoms with Crippen molar-refractivity contribution in [3.8, 4) is 11.4 Å². The van der Waals surface area contributed by atoms with E-state index in [0.717, 1.165) is 57.6 Å². The number of carbonyl (C=O) groups excluding carboxylic acids is 1. The maximum Gasteiger partial charge on any atom is 0.225 e. The molecule has 1 saturated heterocycles. The lowest BCUT2D eigenvalue weighted by molar-refractivity contribution is -0.125. The summed E-state index contributed by atoms with van der Waals surface area (Å²) in [7, 11) is 1.66. The van der Waals surface area contributed by atoms with Crippen molar-refractivity contribution in [3.05, 3.63) is 65.4 Å². The maximum absolute atomic E-state index is 12.9. The van der Waals surface area contributed by atoms with Crippen molar-refractivity contribution in [2.75, 3.05) is 25.1 Å². The molecule has 1 atom stereocenters. The smallest absolute Gasteiger partial charge is 0.225 e. The van der Waals surface area contributed by atoms with E-state index in [2.05, 4.69) is 35.3 Å². The summed E-state index contributed by atoms with van der Waals surface area (Å²) < 4.78 is 8.24. The van der Waals surface area contributed by atoms with E-state index < -0.39 is 0 Å². The summed E-state index contributed by atoms with van der Waals surface area (Å²) in [4.78, 5) is 20.1. The van der Waals surface area contributed by atoms with E-state index in [-0.39, 0.29) is 11.8 Å². The molecule has 5 rings (SSSR count). The van der Waals surface area contributed by atoms with Gasteiger partial charge in [0.05, 0.1) is 29.1 Å². The first kappa shape index (κ1) is 22.4. The summed E-state index contributed by atoms with van der Waals surface area (Å²) in [6.07, 6.45) is 1.88. The molecule has 0 aliphatic carbocycles. The van der Waals surface area contributed by atoms with Crippen LogP contribution in [0.15, 0.2) is 48.5 Å². The van der Waals surface area contributed by atoms with Gasteiger partial charge in [-0.05, 0) is 56.5 Å². The fraction of sp³-hybridized carbons (Fsp3) is 0.346. The van der Waals surface area contributed by atoms with Crippen LogP contribution in [0.1, 0.15) is 29.7 Å². The number of nitrogens with one attached hydrogen (secondary N) is 1. The second-order valence-electron chi connectivity index (χ2n) is 8.84. The second-order valence-corrected chi connectivity index (χ2v) is 9.81. The van der Waals surface area contributed by atoms with Gasteiger partial charge in [-0.3, -0.25) is 4.79 Å². The van der Waals surface area contributed by atoms with Crippen LogP contribution in [0.25, 0.3) is 16.0 Å². The molecule has 2 aromatic heterocycles. The summed E-state index contributed by atoms with van der Waals surface area (Å²) in [6, 6.07) is 16.1. The number of piperidine rings is 1. The number of ether oxygens (including phenoxy) is 1. The number of nitrogens with zero attached hydrogens (tertiary/aromatic N) is 4. The number of hydrogen-bond donors (Lipinski definition) is 1. The summed E-state index contributed by atoms with van der Waals surface area (Å²) in [5, 5.41) is 8.79. The van der Waals surface area contributed by atoms with E-state index in [9.17, 15) is 4.79 Å². The second kappa shape index (κ2) is 9.46. The van der Waals surface area contributed by atoms with Gasteiger partial charge in [-0.15, -0.1) is 0 Å². The molecule has 34 heavy (non-hydrogen) atoms. The highest BCUT2D eigenvalue weighted by molar-refractivity contribution is 7.22. The van der Waals surface area contributed by atoms with Crippen molar-refractivity contribution in [3.63, 3.8) is 0 Å². The number of amides is 1. The Bertz CT molecular complexity index is 1310.